The van der Waals surface area contributed by atoms with Crippen molar-refractivity contribution >= 4 is 28.2 Å². The van der Waals surface area contributed by atoms with Gasteiger partial charge in [0.15, 0.2) is 4.34 Å². The first-order chi connectivity index (χ1) is 8.90. The second-order valence-electron chi connectivity index (χ2n) is 4.85. The Labute approximate surface area is 123 Å². The van der Waals surface area contributed by atoms with Crippen LogP contribution in [0.25, 0.3) is 0 Å². The molecule has 7 heteroatoms. The third-order valence-electron chi connectivity index (χ3n) is 2.59. The van der Waals surface area contributed by atoms with E-state index in [0.29, 0.717) is 5.25 Å². The SMILES string of the molecule is CCNC(C)(C#N)CC(C)Sc1nnc(N(C)C)s1. The summed E-state index contributed by atoms with van der Waals surface area (Å²) in [6, 6.07) is 2.35. The summed E-state index contributed by atoms with van der Waals surface area (Å²) in [5.41, 5.74) is -0.476. The van der Waals surface area contributed by atoms with Gasteiger partial charge in [0.25, 0.3) is 0 Å². The highest BCUT2D eigenvalue weighted by molar-refractivity contribution is 8.01. The zero-order valence-corrected chi connectivity index (χ0v) is 13.7. The van der Waals surface area contributed by atoms with Crippen molar-refractivity contribution < 1.29 is 0 Å². The third kappa shape index (κ3) is 4.97. The maximum absolute atomic E-state index is 9.25. The lowest BCUT2D eigenvalue weighted by Gasteiger charge is -2.25. The van der Waals surface area contributed by atoms with Crippen LogP contribution in [-0.2, 0) is 0 Å². The Bertz CT molecular complexity index is 440. The van der Waals surface area contributed by atoms with Crippen molar-refractivity contribution in [1.82, 2.24) is 15.5 Å². The van der Waals surface area contributed by atoms with Crippen LogP contribution in [0, 0.1) is 11.3 Å². The molecular weight excluding hydrogens is 278 g/mol. The fourth-order valence-electron chi connectivity index (χ4n) is 1.77. The Morgan fingerprint density at radius 1 is 1.53 bits per heavy atom. The molecule has 19 heavy (non-hydrogen) atoms. The molecule has 0 fully saturated rings. The van der Waals surface area contributed by atoms with E-state index in [2.05, 4.69) is 28.5 Å². The van der Waals surface area contributed by atoms with Gasteiger partial charge >= 0.3 is 0 Å². The molecule has 0 aromatic carbocycles. The Kier molecular flexibility index (Phi) is 6.04. The zero-order valence-electron chi connectivity index (χ0n) is 12.1. The van der Waals surface area contributed by atoms with E-state index in [9.17, 15) is 5.26 Å². The van der Waals surface area contributed by atoms with Gasteiger partial charge in [-0.25, -0.2) is 0 Å². The summed E-state index contributed by atoms with van der Waals surface area (Å²) in [6.07, 6.45) is 0.777. The van der Waals surface area contributed by atoms with Crippen molar-refractivity contribution in [2.75, 3.05) is 25.5 Å². The molecule has 1 rings (SSSR count). The molecular formula is C12H21N5S2. The number of nitrogens with zero attached hydrogens (tertiary/aromatic N) is 4. The van der Waals surface area contributed by atoms with E-state index in [-0.39, 0.29) is 0 Å². The van der Waals surface area contributed by atoms with Gasteiger partial charge in [-0.2, -0.15) is 5.26 Å². The van der Waals surface area contributed by atoms with Crippen molar-refractivity contribution in [3.05, 3.63) is 0 Å². The van der Waals surface area contributed by atoms with Crippen LogP contribution in [0.5, 0.6) is 0 Å². The van der Waals surface area contributed by atoms with Crippen molar-refractivity contribution in [2.24, 2.45) is 0 Å². The average molecular weight is 299 g/mol. The quantitative estimate of drug-likeness (QED) is 0.780. The van der Waals surface area contributed by atoms with Crippen LogP contribution in [0.4, 0.5) is 5.13 Å². The van der Waals surface area contributed by atoms with Crippen LogP contribution in [0.15, 0.2) is 4.34 Å². The summed E-state index contributed by atoms with van der Waals surface area (Å²) in [5.74, 6) is 0. The van der Waals surface area contributed by atoms with Crippen LogP contribution in [0.1, 0.15) is 27.2 Å². The Morgan fingerprint density at radius 2 is 2.21 bits per heavy atom. The molecule has 106 valence electrons. The van der Waals surface area contributed by atoms with Gasteiger partial charge in [-0.1, -0.05) is 36.9 Å². The summed E-state index contributed by atoms with van der Waals surface area (Å²) < 4.78 is 0.952. The van der Waals surface area contributed by atoms with Gasteiger partial charge in [0, 0.05) is 19.3 Å². The molecule has 2 unspecified atom stereocenters. The molecule has 1 aromatic rings. The second kappa shape index (κ2) is 7.08. The van der Waals surface area contributed by atoms with Gasteiger partial charge in [0.1, 0.15) is 5.54 Å². The highest BCUT2D eigenvalue weighted by Crippen LogP contribution is 2.32. The van der Waals surface area contributed by atoms with Crippen LogP contribution < -0.4 is 10.2 Å². The largest absolute Gasteiger partial charge is 0.353 e. The minimum Gasteiger partial charge on any atom is -0.353 e. The molecule has 2 atom stereocenters. The third-order valence-corrected chi connectivity index (χ3v) is 4.87. The molecule has 0 saturated carbocycles. The van der Waals surface area contributed by atoms with Gasteiger partial charge < -0.3 is 4.90 Å². The number of hydrogen-bond acceptors (Lipinski definition) is 7. The summed E-state index contributed by atoms with van der Waals surface area (Å²) >= 11 is 3.26. The van der Waals surface area contributed by atoms with Gasteiger partial charge in [0.2, 0.25) is 5.13 Å². The Morgan fingerprint density at radius 3 is 2.68 bits per heavy atom. The smallest absolute Gasteiger partial charge is 0.208 e. The van der Waals surface area contributed by atoms with Crippen molar-refractivity contribution in [2.45, 2.75) is 42.3 Å². The lowest BCUT2D eigenvalue weighted by Crippen LogP contribution is -2.42. The highest BCUT2D eigenvalue weighted by Gasteiger charge is 2.26. The highest BCUT2D eigenvalue weighted by atomic mass is 32.2. The minimum absolute atomic E-state index is 0.312. The maximum atomic E-state index is 9.25. The molecule has 0 spiro atoms. The van der Waals surface area contributed by atoms with Gasteiger partial charge in [0.05, 0.1) is 6.07 Å². The summed E-state index contributed by atoms with van der Waals surface area (Å²) in [6.45, 7) is 6.87. The minimum atomic E-state index is -0.476. The molecule has 5 nitrogen and oxygen atoms in total. The van der Waals surface area contributed by atoms with E-state index in [1.165, 1.54) is 0 Å². The molecule has 1 aromatic heterocycles. The van der Waals surface area contributed by atoms with Crippen molar-refractivity contribution in [1.29, 1.82) is 5.26 Å². The average Bonchev–Trinajstić information content (AvgIpc) is 2.77. The number of anilines is 1. The number of thioether (sulfide) groups is 1. The van der Waals surface area contributed by atoms with Crippen molar-refractivity contribution in [3.63, 3.8) is 0 Å². The number of nitriles is 1. The van der Waals surface area contributed by atoms with E-state index >= 15 is 0 Å². The first-order valence-corrected chi connectivity index (χ1v) is 7.93. The molecule has 1 N–H and O–H groups in total. The number of rotatable bonds is 7. The van der Waals surface area contributed by atoms with Crippen molar-refractivity contribution in [3.8, 4) is 6.07 Å². The number of hydrogen-bond donors (Lipinski definition) is 1. The maximum Gasteiger partial charge on any atom is 0.208 e. The summed E-state index contributed by atoms with van der Waals surface area (Å²) in [4.78, 5) is 1.95. The molecule has 0 aliphatic heterocycles. The second-order valence-corrected chi connectivity index (χ2v) is 7.49. The first kappa shape index (κ1) is 16.2. The van der Waals surface area contributed by atoms with Gasteiger partial charge in [-0.3, -0.25) is 5.32 Å². The number of nitrogens with one attached hydrogen (secondary N) is 1. The van der Waals surface area contributed by atoms with E-state index < -0.39 is 5.54 Å². The van der Waals surface area contributed by atoms with Gasteiger partial charge in [-0.15, -0.1) is 10.2 Å². The zero-order chi connectivity index (χ0) is 14.5. The van der Waals surface area contributed by atoms with Gasteiger partial charge in [-0.05, 0) is 19.9 Å². The first-order valence-electron chi connectivity index (χ1n) is 6.24. The van der Waals surface area contributed by atoms with E-state index in [4.69, 9.17) is 0 Å². The van der Waals surface area contributed by atoms with E-state index in [1.54, 1.807) is 23.1 Å². The van der Waals surface area contributed by atoms with E-state index in [1.807, 2.05) is 32.8 Å². The molecule has 1 heterocycles. The van der Waals surface area contributed by atoms with Crippen LogP contribution >= 0.6 is 23.1 Å². The predicted octanol–water partition coefficient (Wildman–Crippen LogP) is 2.37. The lowest BCUT2D eigenvalue weighted by molar-refractivity contribution is 0.429. The van der Waals surface area contributed by atoms with E-state index in [0.717, 1.165) is 22.4 Å². The molecule has 0 radical (unpaired) electrons. The topological polar surface area (TPSA) is 64.8 Å². The van der Waals surface area contributed by atoms with Crippen LogP contribution in [0.2, 0.25) is 0 Å². The van der Waals surface area contributed by atoms with Crippen LogP contribution in [0.3, 0.4) is 0 Å². The molecule has 0 aliphatic rings. The fraction of sp³-hybridized carbons (Fsp3) is 0.750. The lowest BCUT2D eigenvalue weighted by atomic mass is 9.98. The Hall–Kier alpha value is -0.840. The van der Waals surface area contributed by atoms with Crippen LogP contribution in [-0.4, -0.2) is 41.6 Å². The molecule has 0 bridgehead atoms. The standard InChI is InChI=1S/C12H21N5S2/c1-6-14-12(3,8-13)7-9(2)18-11-16-15-10(19-11)17(4)5/h9,14H,6-7H2,1-5H3. The molecule has 0 saturated heterocycles. The molecule has 0 amide bonds. The Balaban J connectivity index is 2.59. The number of aromatic nitrogens is 2. The monoisotopic (exact) mass is 299 g/mol. The predicted molar refractivity (Wildman–Crippen MR) is 81.9 cm³/mol. The summed E-state index contributed by atoms with van der Waals surface area (Å²) in [7, 11) is 3.91. The summed E-state index contributed by atoms with van der Waals surface area (Å²) in [5, 5.41) is 22.0. The fourth-order valence-corrected chi connectivity index (χ4v) is 4.03. The molecule has 0 aliphatic carbocycles. The normalized spacial score (nSPS) is 15.6.